The molecule has 1 atom stereocenters. The Balaban J connectivity index is 3.26. The Morgan fingerprint density at radius 2 is 1.44 bits per heavy atom. The lowest BCUT2D eigenvalue weighted by Crippen LogP contribution is -2.26. The van der Waals surface area contributed by atoms with Crippen LogP contribution in [0.25, 0.3) is 0 Å². The highest BCUT2D eigenvalue weighted by molar-refractivity contribution is 7.92. The minimum absolute atomic E-state index is 0.0237. The molecule has 0 radical (unpaired) electrons. The molecule has 0 saturated carbocycles. The van der Waals surface area contributed by atoms with Gasteiger partial charge in [-0.05, 0) is 31.2 Å². The highest BCUT2D eigenvalue weighted by Crippen LogP contribution is 2.18. The first kappa shape index (κ1) is 14.7. The normalized spacial score (nSPS) is 14.1. The van der Waals surface area contributed by atoms with Gasteiger partial charge in [0.25, 0.3) is 0 Å². The molecule has 0 saturated heterocycles. The van der Waals surface area contributed by atoms with Gasteiger partial charge in [-0.3, -0.25) is 4.79 Å². The lowest BCUT2D eigenvalue weighted by molar-refractivity contribution is -0.136. The van der Waals surface area contributed by atoms with Crippen molar-refractivity contribution in [3.8, 4) is 0 Å². The van der Waals surface area contributed by atoms with Gasteiger partial charge >= 0.3 is 5.97 Å². The molecule has 0 aliphatic carbocycles. The van der Waals surface area contributed by atoms with E-state index in [1.807, 2.05) is 0 Å². The smallest absolute Gasteiger partial charge is 0.321 e. The summed E-state index contributed by atoms with van der Waals surface area (Å²) in [6.07, 6.45) is 0.996. The molecule has 0 spiro atoms. The van der Waals surface area contributed by atoms with Gasteiger partial charge in [0.1, 0.15) is 0 Å². The van der Waals surface area contributed by atoms with E-state index in [-0.39, 0.29) is 9.79 Å². The number of benzene rings is 1. The van der Waals surface area contributed by atoms with Crippen LogP contribution in [0.5, 0.6) is 0 Å². The van der Waals surface area contributed by atoms with Crippen molar-refractivity contribution in [3.63, 3.8) is 0 Å². The molecule has 18 heavy (non-hydrogen) atoms. The molecule has 1 unspecified atom stereocenters. The van der Waals surface area contributed by atoms with E-state index in [4.69, 9.17) is 5.11 Å². The number of hydrogen-bond acceptors (Lipinski definition) is 5. The zero-order valence-corrected chi connectivity index (χ0v) is 11.3. The summed E-state index contributed by atoms with van der Waals surface area (Å²) in [6, 6.07) is 4.45. The van der Waals surface area contributed by atoms with E-state index >= 15 is 0 Å². The summed E-state index contributed by atoms with van der Waals surface area (Å²) in [6.45, 7) is 1.06. The Hall–Kier alpha value is -1.41. The molecule has 0 aromatic heterocycles. The molecule has 0 heterocycles. The third-order valence-corrected chi connectivity index (χ3v) is 5.58. The maximum Gasteiger partial charge on any atom is 0.321 e. The first-order valence-electron chi connectivity index (χ1n) is 4.83. The Morgan fingerprint density at radius 3 is 1.78 bits per heavy atom. The van der Waals surface area contributed by atoms with Crippen molar-refractivity contribution >= 4 is 25.6 Å². The molecule has 6 nitrogen and oxygen atoms in total. The molecule has 1 N–H and O–H groups in total. The van der Waals surface area contributed by atoms with E-state index in [2.05, 4.69) is 0 Å². The topological polar surface area (TPSA) is 106 Å². The number of rotatable bonds is 4. The van der Waals surface area contributed by atoms with Gasteiger partial charge in [-0.2, -0.15) is 0 Å². The number of carbonyl (C=O) groups is 1. The van der Waals surface area contributed by atoms with Crippen molar-refractivity contribution in [2.24, 2.45) is 0 Å². The third kappa shape index (κ3) is 2.88. The highest BCUT2D eigenvalue weighted by Gasteiger charge is 2.29. The van der Waals surface area contributed by atoms with Gasteiger partial charge < -0.3 is 5.11 Å². The highest BCUT2D eigenvalue weighted by atomic mass is 32.2. The second-order valence-electron chi connectivity index (χ2n) is 3.77. The molecule has 100 valence electrons. The Bertz CT molecular complexity index is 655. The summed E-state index contributed by atoms with van der Waals surface area (Å²) in [4.78, 5) is 10.4. The second-order valence-corrected chi connectivity index (χ2v) is 8.05. The largest absolute Gasteiger partial charge is 0.480 e. The first-order chi connectivity index (χ1) is 8.06. The van der Waals surface area contributed by atoms with Crippen LogP contribution in [-0.4, -0.2) is 39.4 Å². The summed E-state index contributed by atoms with van der Waals surface area (Å²) < 4.78 is 46.0. The Morgan fingerprint density at radius 1 is 1.06 bits per heavy atom. The molecule has 1 aromatic carbocycles. The van der Waals surface area contributed by atoms with Gasteiger partial charge in [0.2, 0.25) is 0 Å². The summed E-state index contributed by atoms with van der Waals surface area (Å²) in [5, 5.41) is 7.11. The third-order valence-electron chi connectivity index (χ3n) is 2.39. The molecular formula is C10H12O6S2. The summed E-state index contributed by atoms with van der Waals surface area (Å²) in [7, 11) is -7.41. The fraction of sp³-hybridized carbons (Fsp3) is 0.300. The zero-order chi connectivity index (χ0) is 14.1. The van der Waals surface area contributed by atoms with Crippen molar-refractivity contribution in [3.05, 3.63) is 24.3 Å². The fourth-order valence-electron chi connectivity index (χ4n) is 1.21. The van der Waals surface area contributed by atoms with E-state index < -0.39 is 30.9 Å². The van der Waals surface area contributed by atoms with E-state index in [1.54, 1.807) is 0 Å². The summed E-state index contributed by atoms with van der Waals surface area (Å²) in [5.41, 5.74) is 0. The van der Waals surface area contributed by atoms with E-state index in [0.717, 1.165) is 37.4 Å². The maximum atomic E-state index is 11.8. The SMILES string of the molecule is CC(C(=O)O)S(=O)(=O)c1ccc(S(C)(=O)=O)cc1. The van der Waals surface area contributed by atoms with Crippen molar-refractivity contribution in [2.45, 2.75) is 22.0 Å². The van der Waals surface area contributed by atoms with Gasteiger partial charge in [0, 0.05) is 6.26 Å². The zero-order valence-electron chi connectivity index (χ0n) is 9.69. The monoisotopic (exact) mass is 292 g/mol. The van der Waals surface area contributed by atoms with Crippen LogP contribution in [0.1, 0.15) is 6.92 Å². The number of carboxylic acids is 1. The Labute approximate surface area is 105 Å². The van der Waals surface area contributed by atoms with Crippen molar-refractivity contribution in [1.82, 2.24) is 0 Å². The van der Waals surface area contributed by atoms with E-state index in [9.17, 15) is 21.6 Å². The van der Waals surface area contributed by atoms with Crippen LogP contribution in [0.2, 0.25) is 0 Å². The molecule has 0 fully saturated rings. The van der Waals surface area contributed by atoms with Crippen LogP contribution >= 0.6 is 0 Å². The second kappa shape index (κ2) is 4.69. The van der Waals surface area contributed by atoms with Crippen molar-refractivity contribution < 1.29 is 26.7 Å². The van der Waals surface area contributed by atoms with Crippen molar-refractivity contribution in [1.29, 1.82) is 0 Å². The number of sulfone groups is 2. The fourth-order valence-corrected chi connectivity index (χ4v) is 3.03. The lowest BCUT2D eigenvalue weighted by Gasteiger charge is -2.08. The van der Waals surface area contributed by atoms with Gasteiger partial charge in [0.15, 0.2) is 24.9 Å². The average Bonchev–Trinajstić information content (AvgIpc) is 2.26. The number of carboxylic acid groups (broad SMARTS) is 1. The number of hydrogen-bond donors (Lipinski definition) is 1. The maximum absolute atomic E-state index is 11.8. The van der Waals surface area contributed by atoms with Crippen LogP contribution in [0, 0.1) is 0 Å². The minimum atomic E-state index is -3.99. The number of aliphatic carboxylic acids is 1. The quantitative estimate of drug-likeness (QED) is 0.857. The minimum Gasteiger partial charge on any atom is -0.480 e. The van der Waals surface area contributed by atoms with Gasteiger partial charge in [-0.15, -0.1) is 0 Å². The van der Waals surface area contributed by atoms with Crippen molar-refractivity contribution in [2.75, 3.05) is 6.26 Å². The van der Waals surface area contributed by atoms with Crippen LogP contribution in [0.4, 0.5) is 0 Å². The standard InChI is InChI=1S/C10H12O6S2/c1-7(10(11)12)18(15,16)9-5-3-8(4-6-9)17(2,13)14/h3-7H,1-2H3,(H,11,12). The van der Waals surface area contributed by atoms with Crippen LogP contribution in [0.3, 0.4) is 0 Å². The molecule has 0 aliphatic rings. The van der Waals surface area contributed by atoms with Crippen LogP contribution < -0.4 is 0 Å². The molecular weight excluding hydrogens is 280 g/mol. The molecule has 0 aliphatic heterocycles. The van der Waals surface area contributed by atoms with E-state index in [0.29, 0.717) is 0 Å². The molecule has 8 heteroatoms. The van der Waals surface area contributed by atoms with Crippen LogP contribution in [-0.2, 0) is 24.5 Å². The van der Waals surface area contributed by atoms with Gasteiger partial charge in [-0.1, -0.05) is 0 Å². The molecule has 1 rings (SSSR count). The predicted octanol–water partition coefficient (Wildman–Crippen LogP) is 0.337. The van der Waals surface area contributed by atoms with Crippen LogP contribution in [0.15, 0.2) is 34.1 Å². The first-order valence-corrected chi connectivity index (χ1v) is 8.27. The molecule has 0 amide bonds. The lowest BCUT2D eigenvalue weighted by atomic mass is 10.4. The predicted molar refractivity (Wildman–Crippen MR) is 63.8 cm³/mol. The summed E-state index contributed by atoms with van der Waals surface area (Å²) >= 11 is 0. The average molecular weight is 292 g/mol. The van der Waals surface area contributed by atoms with Gasteiger partial charge in [-0.25, -0.2) is 16.8 Å². The molecule has 1 aromatic rings. The summed E-state index contributed by atoms with van der Waals surface area (Å²) in [5.74, 6) is -1.46. The molecule has 0 bridgehead atoms. The van der Waals surface area contributed by atoms with E-state index in [1.165, 1.54) is 0 Å². The Kier molecular flexibility index (Phi) is 3.82. The van der Waals surface area contributed by atoms with Gasteiger partial charge in [0.05, 0.1) is 9.79 Å².